The van der Waals surface area contributed by atoms with Crippen molar-refractivity contribution in [2.24, 2.45) is 4.99 Å². The zero-order valence-corrected chi connectivity index (χ0v) is 19.9. The summed E-state index contributed by atoms with van der Waals surface area (Å²) in [5.74, 6) is -0.273. The summed E-state index contributed by atoms with van der Waals surface area (Å²) >= 11 is 6.12. The molecule has 0 saturated carbocycles. The van der Waals surface area contributed by atoms with Crippen LogP contribution in [-0.4, -0.2) is 23.0 Å². The number of nitrogens with zero attached hydrogens (tertiary/aromatic N) is 2. The van der Waals surface area contributed by atoms with Crippen molar-refractivity contribution in [2.45, 2.75) is 52.4 Å². The molecule has 1 aliphatic heterocycles. The van der Waals surface area contributed by atoms with Crippen molar-refractivity contribution < 1.29 is 9.18 Å². The molecule has 3 nitrogen and oxygen atoms in total. The lowest BCUT2D eigenvalue weighted by Crippen LogP contribution is -2.07. The minimum atomic E-state index is -0.277. The number of pyridine rings is 1. The summed E-state index contributed by atoms with van der Waals surface area (Å²) in [5.41, 5.74) is 7.21. The zero-order chi connectivity index (χ0) is 23.4. The number of carbonyl (C=O) groups excluding carboxylic acids is 1. The van der Waals surface area contributed by atoms with E-state index >= 15 is 0 Å². The number of Topliss-reactive ketones (excluding diaryl/α,β-unsaturated/α-hetero) is 1. The van der Waals surface area contributed by atoms with Crippen LogP contribution in [0.25, 0.3) is 11.3 Å². The fourth-order valence-corrected chi connectivity index (χ4v) is 4.38. The third-order valence-corrected chi connectivity index (χ3v) is 6.58. The molecule has 1 aromatic heterocycles. The van der Waals surface area contributed by atoms with Gasteiger partial charge in [0.25, 0.3) is 0 Å². The number of halogens is 2. The molecule has 4 rings (SSSR count). The molecule has 0 unspecified atom stereocenters. The normalized spacial score (nSPS) is 13.3. The molecule has 3 aromatic rings. The molecular weight excluding hydrogens is 435 g/mol. The van der Waals surface area contributed by atoms with E-state index in [-0.39, 0.29) is 11.6 Å². The number of hydrogen-bond donors (Lipinski definition) is 0. The van der Waals surface area contributed by atoms with Gasteiger partial charge in [-0.15, -0.1) is 0 Å². The van der Waals surface area contributed by atoms with E-state index < -0.39 is 0 Å². The summed E-state index contributed by atoms with van der Waals surface area (Å²) in [5, 5.41) is 0.727. The van der Waals surface area contributed by atoms with Crippen molar-refractivity contribution >= 4 is 23.1 Å². The monoisotopic (exact) mass is 462 g/mol. The molecule has 5 heteroatoms. The van der Waals surface area contributed by atoms with Crippen molar-refractivity contribution in [1.82, 2.24) is 4.98 Å². The molecule has 1 aliphatic rings. The van der Waals surface area contributed by atoms with E-state index in [4.69, 9.17) is 16.6 Å². The van der Waals surface area contributed by atoms with E-state index in [9.17, 15) is 9.18 Å². The Bertz CT molecular complexity index is 1220. The van der Waals surface area contributed by atoms with Gasteiger partial charge in [-0.05, 0) is 105 Å². The second-order valence-electron chi connectivity index (χ2n) is 8.76. The third kappa shape index (κ3) is 5.94. The minimum Gasteiger partial charge on any atom is -0.294 e. The molecule has 0 amide bonds. The molecule has 0 N–H and O–H groups in total. The lowest BCUT2D eigenvalue weighted by molar-refractivity contribution is 0.0978. The van der Waals surface area contributed by atoms with Crippen LogP contribution in [0.1, 0.15) is 58.4 Å². The minimum absolute atomic E-state index is 0.00340. The third-order valence-electron chi connectivity index (χ3n) is 6.16. The summed E-state index contributed by atoms with van der Waals surface area (Å²) < 4.78 is 13.7. The topological polar surface area (TPSA) is 42.3 Å². The van der Waals surface area contributed by atoms with Crippen LogP contribution >= 0.6 is 11.6 Å². The van der Waals surface area contributed by atoms with Crippen molar-refractivity contribution in [2.75, 3.05) is 6.54 Å². The van der Waals surface area contributed by atoms with Gasteiger partial charge in [-0.25, -0.2) is 9.37 Å². The van der Waals surface area contributed by atoms with Crippen LogP contribution in [0.3, 0.4) is 0 Å². The number of aromatic nitrogens is 1. The fourth-order valence-electron chi connectivity index (χ4n) is 4.27. The maximum Gasteiger partial charge on any atom is 0.181 e. The number of ketones is 1. The molecule has 0 fully saturated rings. The highest BCUT2D eigenvalue weighted by molar-refractivity contribution is 6.31. The largest absolute Gasteiger partial charge is 0.294 e. The second kappa shape index (κ2) is 10.4. The first kappa shape index (κ1) is 23.3. The van der Waals surface area contributed by atoms with Gasteiger partial charge in [-0.3, -0.25) is 9.79 Å². The van der Waals surface area contributed by atoms with Gasteiger partial charge >= 0.3 is 0 Å². The summed E-state index contributed by atoms with van der Waals surface area (Å²) in [6.45, 7) is 4.74. The number of carbonyl (C=O) groups is 1. The van der Waals surface area contributed by atoms with Gasteiger partial charge in [0.2, 0.25) is 0 Å². The predicted molar refractivity (Wildman–Crippen MR) is 133 cm³/mol. The summed E-state index contributed by atoms with van der Waals surface area (Å²) in [6, 6.07) is 14.5. The van der Waals surface area contributed by atoms with Gasteiger partial charge in [0.15, 0.2) is 5.78 Å². The van der Waals surface area contributed by atoms with E-state index in [1.807, 2.05) is 44.2 Å². The van der Waals surface area contributed by atoms with Gasteiger partial charge in [0.05, 0.1) is 5.69 Å². The molecule has 33 heavy (non-hydrogen) atoms. The van der Waals surface area contributed by atoms with Crippen molar-refractivity contribution in [3.63, 3.8) is 0 Å². The highest BCUT2D eigenvalue weighted by Crippen LogP contribution is 2.26. The van der Waals surface area contributed by atoms with Gasteiger partial charge < -0.3 is 0 Å². The Kier molecular flexibility index (Phi) is 7.34. The first-order valence-electron chi connectivity index (χ1n) is 11.5. The summed E-state index contributed by atoms with van der Waals surface area (Å²) in [7, 11) is 0. The number of aliphatic imine (C=N–C) groups is 1. The first-order valence-corrected chi connectivity index (χ1v) is 11.8. The molecule has 0 spiro atoms. The van der Waals surface area contributed by atoms with Crippen molar-refractivity contribution in [1.29, 1.82) is 0 Å². The molecule has 2 aromatic carbocycles. The lowest BCUT2D eigenvalue weighted by atomic mass is 9.98. The summed E-state index contributed by atoms with van der Waals surface area (Å²) in [4.78, 5) is 22.4. The van der Waals surface area contributed by atoms with Crippen LogP contribution in [0.15, 0.2) is 53.5 Å². The standard InChI is InChI=1S/C28H28ClFN2O/c1-18-15-22(30)8-10-24(18)26-16-21(5-9-23-4-3-13-31-23)17-27(32-26)28(33)12-7-20-6-11-25(29)19(2)14-20/h6,8,10-11,14-17H,3-5,7,9,12-13H2,1-2H3. The lowest BCUT2D eigenvalue weighted by Gasteiger charge is -2.11. The number of benzene rings is 2. The highest BCUT2D eigenvalue weighted by atomic mass is 35.5. The van der Waals surface area contributed by atoms with E-state index in [0.29, 0.717) is 24.2 Å². The SMILES string of the molecule is Cc1cc(CCC(=O)c2cc(CCC3=NCCC3)cc(-c3ccc(F)cc3C)n2)ccc1Cl. The van der Waals surface area contributed by atoms with E-state index in [1.165, 1.54) is 17.8 Å². The Morgan fingerprint density at radius 3 is 2.55 bits per heavy atom. The molecule has 0 atom stereocenters. The molecule has 0 aliphatic carbocycles. The van der Waals surface area contributed by atoms with Gasteiger partial charge in [0.1, 0.15) is 11.5 Å². The Labute approximate surface area is 199 Å². The van der Waals surface area contributed by atoms with Crippen LogP contribution in [-0.2, 0) is 12.8 Å². The van der Waals surface area contributed by atoms with Gasteiger partial charge in [-0.2, -0.15) is 0 Å². The Balaban J connectivity index is 1.59. The average molecular weight is 463 g/mol. The van der Waals surface area contributed by atoms with E-state index in [0.717, 1.165) is 65.1 Å². The fraction of sp³-hybridized carbons (Fsp3) is 0.321. The van der Waals surface area contributed by atoms with E-state index in [1.54, 1.807) is 6.07 Å². The molecular formula is C28H28ClFN2O. The number of aryl methyl sites for hydroxylation is 4. The maximum absolute atomic E-state index is 13.7. The van der Waals surface area contributed by atoms with Crippen LogP contribution in [0.2, 0.25) is 5.02 Å². The van der Waals surface area contributed by atoms with Gasteiger partial charge in [-0.1, -0.05) is 23.7 Å². The number of rotatable bonds is 8. The van der Waals surface area contributed by atoms with Crippen LogP contribution in [0.4, 0.5) is 4.39 Å². The smallest absolute Gasteiger partial charge is 0.181 e. The van der Waals surface area contributed by atoms with Crippen LogP contribution in [0.5, 0.6) is 0 Å². The van der Waals surface area contributed by atoms with Crippen LogP contribution in [0, 0.1) is 19.7 Å². The van der Waals surface area contributed by atoms with Gasteiger partial charge in [0, 0.05) is 29.3 Å². The predicted octanol–water partition coefficient (Wildman–Crippen LogP) is 7.14. The molecule has 170 valence electrons. The van der Waals surface area contributed by atoms with E-state index in [2.05, 4.69) is 4.99 Å². The second-order valence-corrected chi connectivity index (χ2v) is 9.17. The molecule has 0 radical (unpaired) electrons. The quantitative estimate of drug-likeness (QED) is 0.334. The van der Waals surface area contributed by atoms with Crippen molar-refractivity contribution in [3.05, 3.63) is 87.3 Å². The molecule has 2 heterocycles. The Hall–Kier alpha value is -2.85. The molecule has 0 bridgehead atoms. The van der Waals surface area contributed by atoms with Crippen LogP contribution < -0.4 is 0 Å². The summed E-state index contributed by atoms with van der Waals surface area (Å²) in [6.07, 6.45) is 4.88. The highest BCUT2D eigenvalue weighted by Gasteiger charge is 2.15. The number of hydrogen-bond acceptors (Lipinski definition) is 3. The first-order chi connectivity index (χ1) is 15.9. The molecule has 0 saturated heterocycles. The maximum atomic E-state index is 13.7. The van der Waals surface area contributed by atoms with Crippen molar-refractivity contribution in [3.8, 4) is 11.3 Å². The zero-order valence-electron chi connectivity index (χ0n) is 19.1. The Morgan fingerprint density at radius 2 is 1.82 bits per heavy atom. The average Bonchev–Trinajstić information content (AvgIpc) is 3.32. The Morgan fingerprint density at radius 1 is 0.970 bits per heavy atom.